The van der Waals surface area contributed by atoms with Crippen molar-refractivity contribution in [1.29, 1.82) is 0 Å². The summed E-state index contributed by atoms with van der Waals surface area (Å²) >= 11 is 0. The van der Waals surface area contributed by atoms with Gasteiger partial charge in [-0.2, -0.15) is 0 Å². The molecular weight excluding hydrogens is 322 g/mol. The molecule has 4 fully saturated rings. The molecule has 25 heavy (non-hydrogen) atoms. The van der Waals surface area contributed by atoms with E-state index >= 15 is 0 Å². The third-order valence-electron chi connectivity index (χ3n) is 6.09. The van der Waals surface area contributed by atoms with Gasteiger partial charge in [-0.1, -0.05) is 0 Å². The topological polar surface area (TPSA) is 77.7 Å². The van der Waals surface area contributed by atoms with Gasteiger partial charge in [-0.05, 0) is 44.4 Å². The Morgan fingerprint density at radius 3 is 2.64 bits per heavy atom. The number of fused-ring (bicyclic) bond motifs is 1. The van der Waals surface area contributed by atoms with E-state index in [4.69, 9.17) is 13.9 Å². The van der Waals surface area contributed by atoms with Gasteiger partial charge in [0.15, 0.2) is 0 Å². The number of piperidine rings is 1. The van der Waals surface area contributed by atoms with E-state index in [1.807, 2.05) is 4.90 Å². The van der Waals surface area contributed by atoms with E-state index in [1.165, 1.54) is 0 Å². The first kappa shape index (κ1) is 15.8. The SMILES string of the molecule is O=C(C1CCOCC1)N1CC[C@@H]2C[C@H](c3nnc(C4CC4)o3)O[C@H]2C1. The third-order valence-corrected chi connectivity index (χ3v) is 6.09. The zero-order valence-corrected chi connectivity index (χ0v) is 14.4. The Morgan fingerprint density at radius 2 is 1.84 bits per heavy atom. The zero-order chi connectivity index (χ0) is 16.8. The molecule has 0 radical (unpaired) electrons. The number of likely N-dealkylation sites (tertiary alicyclic amines) is 1. The Labute approximate surface area is 147 Å². The molecular formula is C18H25N3O4. The first-order valence-electron chi connectivity index (χ1n) is 9.63. The van der Waals surface area contributed by atoms with Gasteiger partial charge in [0, 0.05) is 38.1 Å². The average Bonchev–Trinajstić information content (AvgIpc) is 3.23. The lowest BCUT2D eigenvalue weighted by molar-refractivity contribution is -0.143. The fourth-order valence-corrected chi connectivity index (χ4v) is 4.36. The van der Waals surface area contributed by atoms with Crippen LogP contribution in [-0.2, 0) is 14.3 Å². The van der Waals surface area contributed by atoms with Crippen molar-refractivity contribution < 1.29 is 18.7 Å². The second-order valence-corrected chi connectivity index (χ2v) is 7.87. The Morgan fingerprint density at radius 1 is 1.04 bits per heavy atom. The fourth-order valence-electron chi connectivity index (χ4n) is 4.36. The molecule has 7 nitrogen and oxygen atoms in total. The van der Waals surface area contributed by atoms with Gasteiger partial charge >= 0.3 is 0 Å². The number of aromatic nitrogens is 2. The first-order valence-corrected chi connectivity index (χ1v) is 9.63. The zero-order valence-electron chi connectivity index (χ0n) is 14.4. The van der Waals surface area contributed by atoms with Crippen LogP contribution in [0.25, 0.3) is 0 Å². The summed E-state index contributed by atoms with van der Waals surface area (Å²) in [5.74, 6) is 2.75. The molecule has 3 aliphatic heterocycles. The van der Waals surface area contributed by atoms with Crippen LogP contribution in [-0.4, -0.2) is 53.4 Å². The molecule has 1 saturated carbocycles. The van der Waals surface area contributed by atoms with Gasteiger partial charge in [0.2, 0.25) is 17.7 Å². The maximum atomic E-state index is 12.8. The van der Waals surface area contributed by atoms with Crippen molar-refractivity contribution in [3.63, 3.8) is 0 Å². The van der Waals surface area contributed by atoms with Crippen LogP contribution in [0.5, 0.6) is 0 Å². The molecule has 136 valence electrons. The largest absolute Gasteiger partial charge is 0.422 e. The van der Waals surface area contributed by atoms with Crippen LogP contribution in [0.2, 0.25) is 0 Å². The molecule has 0 unspecified atom stereocenters. The summed E-state index contributed by atoms with van der Waals surface area (Å²) in [5, 5.41) is 8.38. The standard InChI is InChI=1S/C18H25N3O4/c22-18(12-4-7-23-8-5-12)21-6-3-13-9-14(24-15(13)10-21)17-20-19-16(25-17)11-1-2-11/h11-15H,1-10H2/t13-,14-,15+/m1/s1. The monoisotopic (exact) mass is 347 g/mol. The quantitative estimate of drug-likeness (QED) is 0.833. The number of nitrogens with zero attached hydrogens (tertiary/aromatic N) is 3. The molecule has 3 saturated heterocycles. The van der Waals surface area contributed by atoms with E-state index in [1.54, 1.807) is 0 Å². The average molecular weight is 347 g/mol. The van der Waals surface area contributed by atoms with Crippen LogP contribution in [0, 0.1) is 11.8 Å². The van der Waals surface area contributed by atoms with Gasteiger partial charge in [-0.15, -0.1) is 10.2 Å². The van der Waals surface area contributed by atoms with E-state index in [0.29, 0.717) is 37.5 Å². The third kappa shape index (κ3) is 3.08. The van der Waals surface area contributed by atoms with Crippen molar-refractivity contribution >= 4 is 5.91 Å². The highest BCUT2D eigenvalue weighted by Crippen LogP contribution is 2.43. The van der Waals surface area contributed by atoms with E-state index < -0.39 is 0 Å². The van der Waals surface area contributed by atoms with Gasteiger partial charge in [0.05, 0.1) is 6.10 Å². The lowest BCUT2D eigenvalue weighted by Crippen LogP contribution is -2.48. The number of carbonyl (C=O) groups excluding carboxylic acids is 1. The summed E-state index contributed by atoms with van der Waals surface area (Å²) in [6, 6.07) is 0. The summed E-state index contributed by atoms with van der Waals surface area (Å²) in [7, 11) is 0. The highest BCUT2D eigenvalue weighted by Gasteiger charge is 2.43. The molecule has 4 aliphatic rings. The van der Waals surface area contributed by atoms with Crippen LogP contribution in [0.1, 0.15) is 62.3 Å². The minimum Gasteiger partial charge on any atom is -0.422 e. The molecule has 3 atom stereocenters. The van der Waals surface area contributed by atoms with Gasteiger partial charge < -0.3 is 18.8 Å². The fraction of sp³-hybridized carbons (Fsp3) is 0.833. The number of amides is 1. The van der Waals surface area contributed by atoms with E-state index in [9.17, 15) is 4.79 Å². The molecule has 1 amide bonds. The van der Waals surface area contributed by atoms with Gasteiger partial charge in [0.25, 0.3) is 0 Å². The van der Waals surface area contributed by atoms with Crippen molar-refractivity contribution in [2.75, 3.05) is 26.3 Å². The predicted octanol–water partition coefficient (Wildman–Crippen LogP) is 2.05. The van der Waals surface area contributed by atoms with Gasteiger partial charge in [-0.25, -0.2) is 0 Å². The second-order valence-electron chi connectivity index (χ2n) is 7.87. The summed E-state index contributed by atoms with van der Waals surface area (Å²) < 4.78 is 17.4. The molecule has 5 rings (SSSR count). The van der Waals surface area contributed by atoms with Gasteiger partial charge in [-0.3, -0.25) is 4.79 Å². The molecule has 0 N–H and O–H groups in total. The molecule has 1 aliphatic carbocycles. The normalized spacial score (nSPS) is 33.4. The van der Waals surface area contributed by atoms with Crippen LogP contribution in [0.4, 0.5) is 0 Å². The minimum absolute atomic E-state index is 0.0961. The van der Waals surface area contributed by atoms with Crippen molar-refractivity contribution in [3.8, 4) is 0 Å². The van der Waals surface area contributed by atoms with Crippen molar-refractivity contribution in [3.05, 3.63) is 11.8 Å². The highest BCUT2D eigenvalue weighted by molar-refractivity contribution is 5.79. The minimum atomic E-state index is -0.104. The van der Waals surface area contributed by atoms with E-state index in [-0.39, 0.29) is 24.0 Å². The molecule has 4 heterocycles. The Hall–Kier alpha value is -1.47. The number of ether oxygens (including phenoxy) is 2. The number of carbonyl (C=O) groups is 1. The molecule has 0 spiro atoms. The summed E-state index contributed by atoms with van der Waals surface area (Å²) in [6.45, 7) is 2.94. The highest BCUT2D eigenvalue weighted by atomic mass is 16.5. The molecule has 1 aromatic rings. The van der Waals surface area contributed by atoms with Crippen LogP contribution in [0.15, 0.2) is 4.42 Å². The molecule has 0 aromatic carbocycles. The second kappa shape index (κ2) is 6.36. The lowest BCUT2D eigenvalue weighted by atomic mass is 9.90. The van der Waals surface area contributed by atoms with Crippen molar-refractivity contribution in [2.45, 2.75) is 56.7 Å². The van der Waals surface area contributed by atoms with Gasteiger partial charge in [0.1, 0.15) is 6.10 Å². The van der Waals surface area contributed by atoms with Crippen LogP contribution >= 0.6 is 0 Å². The lowest BCUT2D eigenvalue weighted by Gasteiger charge is -2.36. The first-order chi connectivity index (χ1) is 12.3. The van der Waals surface area contributed by atoms with E-state index in [2.05, 4.69) is 10.2 Å². The van der Waals surface area contributed by atoms with E-state index in [0.717, 1.165) is 51.0 Å². The van der Waals surface area contributed by atoms with Crippen molar-refractivity contribution in [2.24, 2.45) is 11.8 Å². The van der Waals surface area contributed by atoms with Crippen LogP contribution in [0.3, 0.4) is 0 Å². The Bertz CT molecular complexity index is 638. The number of hydrogen-bond donors (Lipinski definition) is 0. The maximum absolute atomic E-state index is 12.8. The molecule has 0 bridgehead atoms. The summed E-state index contributed by atoms with van der Waals surface area (Å²) in [4.78, 5) is 14.8. The predicted molar refractivity (Wildman–Crippen MR) is 86.7 cm³/mol. The smallest absolute Gasteiger partial charge is 0.245 e. The Kier molecular flexibility index (Phi) is 4.01. The summed E-state index contributed by atoms with van der Waals surface area (Å²) in [5.41, 5.74) is 0. The van der Waals surface area contributed by atoms with Crippen molar-refractivity contribution in [1.82, 2.24) is 15.1 Å². The molecule has 7 heteroatoms. The number of rotatable bonds is 3. The van der Waals surface area contributed by atoms with Crippen LogP contribution < -0.4 is 0 Å². The summed E-state index contributed by atoms with van der Waals surface area (Å²) in [6.07, 6.45) is 5.92. The Balaban J connectivity index is 1.21. The maximum Gasteiger partial charge on any atom is 0.245 e. The number of hydrogen-bond acceptors (Lipinski definition) is 6. The molecule has 1 aromatic heterocycles.